The predicted octanol–water partition coefficient (Wildman–Crippen LogP) is 2.24. The van der Waals surface area contributed by atoms with Crippen LogP contribution < -0.4 is 10.6 Å². The Labute approximate surface area is 193 Å². The number of rotatable bonds is 8. The van der Waals surface area contributed by atoms with E-state index in [1.807, 2.05) is 39.0 Å². The van der Waals surface area contributed by atoms with Gasteiger partial charge in [-0.15, -0.1) is 11.8 Å². The third-order valence-electron chi connectivity index (χ3n) is 7.11. The number of nitrogens with one attached hydrogen (secondary N) is 2. The molecule has 3 fully saturated rings. The quantitative estimate of drug-likeness (QED) is 0.554. The second-order valence-corrected chi connectivity index (χ2v) is 10.9. The normalized spacial score (nSPS) is 30.5. The van der Waals surface area contributed by atoms with E-state index in [4.69, 9.17) is 0 Å². The number of likely N-dealkylation sites (tertiary alicyclic amines) is 1. The number of fused-ring (bicyclic) bond motifs is 1. The molecule has 0 aliphatic carbocycles. The maximum absolute atomic E-state index is 13.7. The molecule has 2 unspecified atom stereocenters. The van der Waals surface area contributed by atoms with Crippen LogP contribution in [0.1, 0.15) is 43.7 Å². The zero-order valence-corrected chi connectivity index (χ0v) is 19.8. The molecule has 3 aliphatic rings. The Balaban J connectivity index is 1.67. The van der Waals surface area contributed by atoms with Gasteiger partial charge in [0.2, 0.25) is 17.7 Å². The summed E-state index contributed by atoms with van der Waals surface area (Å²) in [4.78, 5) is 42.0. The molecule has 0 radical (unpaired) electrons. The van der Waals surface area contributed by atoms with E-state index in [1.165, 1.54) is 0 Å². The number of amides is 3. The molecule has 2 bridgehead atoms. The van der Waals surface area contributed by atoms with Gasteiger partial charge in [0.1, 0.15) is 6.04 Å². The summed E-state index contributed by atoms with van der Waals surface area (Å²) in [5.74, 6) is -1.28. The van der Waals surface area contributed by atoms with Gasteiger partial charge in [0.25, 0.3) is 0 Å². The van der Waals surface area contributed by atoms with E-state index < -0.39 is 22.6 Å². The van der Waals surface area contributed by atoms with Gasteiger partial charge < -0.3 is 20.6 Å². The Hall–Kier alpha value is -2.06. The molecule has 3 aliphatic heterocycles. The molecule has 0 saturated carbocycles. The van der Waals surface area contributed by atoms with Crippen molar-refractivity contribution in [2.75, 3.05) is 25.0 Å². The summed E-state index contributed by atoms with van der Waals surface area (Å²) in [5.41, 5.74) is 2.76. The number of carbonyl (C=O) groups is 3. The number of aryl methyl sites for hydroxylation is 2. The number of thioether (sulfide) groups is 1. The van der Waals surface area contributed by atoms with Crippen molar-refractivity contribution in [1.29, 1.82) is 0 Å². The minimum atomic E-state index is -0.648. The van der Waals surface area contributed by atoms with Crippen LogP contribution in [0.3, 0.4) is 0 Å². The number of aliphatic hydroxyl groups is 1. The topological polar surface area (TPSA) is 98.7 Å². The smallest absolute Gasteiger partial charge is 0.248 e. The highest BCUT2D eigenvalue weighted by atomic mass is 32.2. The lowest BCUT2D eigenvalue weighted by molar-refractivity contribution is -0.139. The fraction of sp³-hybridized carbons (Fsp3) is 0.625. The van der Waals surface area contributed by atoms with Gasteiger partial charge in [-0.05, 0) is 56.7 Å². The summed E-state index contributed by atoms with van der Waals surface area (Å²) in [6, 6.07) is 5.27. The molecule has 174 valence electrons. The zero-order valence-electron chi connectivity index (χ0n) is 19.0. The fourth-order valence-electron chi connectivity index (χ4n) is 5.67. The molecule has 1 aromatic carbocycles. The third kappa shape index (κ3) is 3.71. The Morgan fingerprint density at radius 3 is 2.78 bits per heavy atom. The molecule has 4 rings (SSSR count). The SMILES string of the molecule is CCCNC(=O)[C@@H]1[C@@H]2CCC3(S2)C(C(=O)Nc2cc(C)ccc2C)N(CCCO)C(=O)[C@H]13. The average Bonchev–Trinajstić information content (AvgIpc) is 3.40. The van der Waals surface area contributed by atoms with Crippen LogP contribution in [0.15, 0.2) is 18.2 Å². The highest BCUT2D eigenvalue weighted by Gasteiger charge is 2.73. The minimum absolute atomic E-state index is 0.0526. The summed E-state index contributed by atoms with van der Waals surface area (Å²) in [5, 5.41) is 15.5. The highest BCUT2D eigenvalue weighted by molar-refractivity contribution is 8.02. The molecule has 3 heterocycles. The first-order valence-corrected chi connectivity index (χ1v) is 12.5. The van der Waals surface area contributed by atoms with Crippen LogP contribution >= 0.6 is 11.8 Å². The summed E-state index contributed by atoms with van der Waals surface area (Å²) in [7, 11) is 0. The van der Waals surface area contributed by atoms with Crippen LogP contribution in [0.2, 0.25) is 0 Å². The first kappa shape index (κ1) is 23.1. The van der Waals surface area contributed by atoms with Crippen molar-refractivity contribution in [2.45, 2.75) is 62.5 Å². The molecule has 32 heavy (non-hydrogen) atoms. The minimum Gasteiger partial charge on any atom is -0.396 e. The molecule has 0 aromatic heterocycles. The Morgan fingerprint density at radius 2 is 2.06 bits per heavy atom. The molecule has 3 amide bonds. The number of carbonyl (C=O) groups excluding carboxylic acids is 3. The molecule has 1 aromatic rings. The molecule has 1 spiro atoms. The fourth-order valence-corrected chi connectivity index (χ4v) is 7.89. The lowest BCUT2D eigenvalue weighted by atomic mass is 9.70. The van der Waals surface area contributed by atoms with E-state index in [1.54, 1.807) is 16.7 Å². The molecule has 7 nitrogen and oxygen atoms in total. The highest BCUT2D eigenvalue weighted by Crippen LogP contribution is 2.66. The molecular formula is C24H33N3O4S. The van der Waals surface area contributed by atoms with Crippen molar-refractivity contribution < 1.29 is 19.5 Å². The largest absolute Gasteiger partial charge is 0.396 e. The van der Waals surface area contributed by atoms with Crippen molar-refractivity contribution in [2.24, 2.45) is 11.8 Å². The van der Waals surface area contributed by atoms with Gasteiger partial charge in [-0.1, -0.05) is 19.1 Å². The third-order valence-corrected chi connectivity index (χ3v) is 9.06. The number of benzene rings is 1. The van der Waals surface area contributed by atoms with Gasteiger partial charge >= 0.3 is 0 Å². The van der Waals surface area contributed by atoms with Crippen molar-refractivity contribution in [3.05, 3.63) is 29.3 Å². The Bertz CT molecular complexity index is 923. The monoisotopic (exact) mass is 459 g/mol. The Kier molecular flexibility index (Phi) is 6.54. The lowest BCUT2D eigenvalue weighted by Crippen LogP contribution is -2.52. The number of anilines is 1. The predicted molar refractivity (Wildman–Crippen MR) is 125 cm³/mol. The maximum atomic E-state index is 13.7. The van der Waals surface area contributed by atoms with Gasteiger partial charge in [-0.3, -0.25) is 14.4 Å². The van der Waals surface area contributed by atoms with Crippen LogP contribution in [0.4, 0.5) is 5.69 Å². The molecule has 5 atom stereocenters. The van der Waals surface area contributed by atoms with Gasteiger partial charge in [-0.2, -0.15) is 0 Å². The maximum Gasteiger partial charge on any atom is 0.248 e. The summed E-state index contributed by atoms with van der Waals surface area (Å²) >= 11 is 1.67. The molecule has 8 heteroatoms. The Morgan fingerprint density at radius 1 is 1.28 bits per heavy atom. The average molecular weight is 460 g/mol. The summed E-state index contributed by atoms with van der Waals surface area (Å²) < 4.78 is -0.590. The standard InChI is InChI=1S/C24H33N3O4S/c1-4-10-25-21(29)18-17-8-9-24(32-17)19(18)23(31)27(11-5-12-28)20(24)22(30)26-16-13-14(2)6-7-15(16)3/h6-7,13,17-20,28H,4-5,8-12H2,1-3H3,(H,25,29)(H,26,30)/t17-,18+,19-,20?,24?/m0/s1. The molecular weight excluding hydrogens is 426 g/mol. The van der Waals surface area contributed by atoms with E-state index in [0.717, 1.165) is 36.1 Å². The van der Waals surface area contributed by atoms with Gasteiger partial charge in [-0.25, -0.2) is 0 Å². The van der Waals surface area contributed by atoms with E-state index in [2.05, 4.69) is 10.6 Å². The van der Waals surface area contributed by atoms with E-state index in [-0.39, 0.29) is 29.6 Å². The number of hydrogen-bond donors (Lipinski definition) is 3. The van der Waals surface area contributed by atoms with E-state index in [0.29, 0.717) is 19.5 Å². The zero-order chi connectivity index (χ0) is 23.0. The number of hydrogen-bond acceptors (Lipinski definition) is 5. The van der Waals surface area contributed by atoms with Crippen molar-refractivity contribution in [3.8, 4) is 0 Å². The van der Waals surface area contributed by atoms with Crippen LogP contribution in [-0.2, 0) is 14.4 Å². The first-order valence-electron chi connectivity index (χ1n) is 11.6. The van der Waals surface area contributed by atoms with E-state index >= 15 is 0 Å². The summed E-state index contributed by atoms with van der Waals surface area (Å²) in [6.07, 6.45) is 2.82. The van der Waals surface area contributed by atoms with Crippen LogP contribution in [-0.4, -0.2) is 63.5 Å². The number of nitrogens with zero attached hydrogens (tertiary/aromatic N) is 1. The second-order valence-electron chi connectivity index (χ2n) is 9.26. The first-order chi connectivity index (χ1) is 15.3. The number of aliphatic hydroxyl groups excluding tert-OH is 1. The van der Waals surface area contributed by atoms with E-state index in [9.17, 15) is 19.5 Å². The lowest BCUT2D eigenvalue weighted by Gasteiger charge is -2.34. The van der Waals surface area contributed by atoms with Gasteiger partial charge in [0.05, 0.1) is 16.6 Å². The van der Waals surface area contributed by atoms with Crippen molar-refractivity contribution in [1.82, 2.24) is 10.2 Å². The van der Waals surface area contributed by atoms with Crippen molar-refractivity contribution in [3.63, 3.8) is 0 Å². The van der Waals surface area contributed by atoms with Crippen molar-refractivity contribution >= 4 is 35.2 Å². The second kappa shape index (κ2) is 9.06. The molecule has 3 saturated heterocycles. The van der Waals surface area contributed by atoms with Gasteiger partial charge in [0, 0.05) is 30.6 Å². The summed E-state index contributed by atoms with van der Waals surface area (Å²) in [6.45, 7) is 6.78. The van der Waals surface area contributed by atoms with Crippen LogP contribution in [0.5, 0.6) is 0 Å². The molecule has 3 N–H and O–H groups in total. The van der Waals surface area contributed by atoms with Crippen LogP contribution in [0.25, 0.3) is 0 Å². The van der Waals surface area contributed by atoms with Crippen LogP contribution in [0, 0.1) is 25.7 Å². The van der Waals surface area contributed by atoms with Gasteiger partial charge in [0.15, 0.2) is 0 Å².